The number of halogens is 2. The summed E-state index contributed by atoms with van der Waals surface area (Å²) in [5.74, 6) is -2.07. The lowest BCUT2D eigenvalue weighted by molar-refractivity contribution is -0.140. The first-order valence-electron chi connectivity index (χ1n) is 34.5. The third kappa shape index (κ3) is 18.9. The Morgan fingerprint density at radius 2 is 1.15 bits per heavy atom. The van der Waals surface area contributed by atoms with Crippen molar-refractivity contribution in [2.24, 2.45) is 39.6 Å². The molecule has 6 N–H and O–H groups in total. The molecule has 3 saturated carbocycles. The fourth-order valence-electron chi connectivity index (χ4n) is 12.4. The SMILES string of the molecule is CC1=NCC(C(=O)N2CC[C@H](Oc3ccc(-c4cc(NC(=O)C5CC5)ccn4)cc3C#N)[C@H](F)C2)=N1.CCCNC(=O)[C@@H]1C[C@H]1C(=O)Nc1cc(-c2ccc(OC3CCOCC3)c(C#N)c2)ccn1.N#Cc1cc(-c2cccc(NC(=O)[C@@H]3C[C@@H]3C(=O)O)c2)ccc1O[C@H]1CCN(C(=O)CO)C[C@H]1F. The highest BCUT2D eigenvalue weighted by Crippen LogP contribution is 2.42. The van der Waals surface area contributed by atoms with Gasteiger partial charge >= 0.3 is 5.97 Å². The van der Waals surface area contributed by atoms with Gasteiger partial charge in [-0.1, -0.05) is 31.2 Å². The van der Waals surface area contributed by atoms with E-state index in [-0.39, 0.29) is 115 Å². The van der Waals surface area contributed by atoms with E-state index in [1.807, 2.05) is 25.1 Å². The van der Waals surface area contributed by atoms with E-state index in [0.717, 1.165) is 48.8 Å². The zero-order valence-corrected chi connectivity index (χ0v) is 57.1. The second-order valence-electron chi connectivity index (χ2n) is 26.2. The van der Waals surface area contributed by atoms with Crippen molar-refractivity contribution >= 4 is 70.2 Å². The van der Waals surface area contributed by atoms with Crippen LogP contribution < -0.4 is 35.5 Å². The number of piperidine rings is 2. The van der Waals surface area contributed by atoms with Crippen LogP contribution in [0.5, 0.6) is 17.2 Å². The summed E-state index contributed by atoms with van der Waals surface area (Å²) in [6.07, 6.45) is 4.48. The highest BCUT2D eigenvalue weighted by atomic mass is 19.1. The maximum atomic E-state index is 15.0. The van der Waals surface area contributed by atoms with Gasteiger partial charge in [-0.2, -0.15) is 15.8 Å². The number of alkyl halides is 2. The summed E-state index contributed by atoms with van der Waals surface area (Å²) >= 11 is 0. The number of hydrogen-bond donors (Lipinski definition) is 6. The summed E-state index contributed by atoms with van der Waals surface area (Å²) in [7, 11) is 0. The molecule has 28 heteroatoms. The maximum absolute atomic E-state index is 15.0. The second-order valence-corrected chi connectivity index (χ2v) is 26.2. The lowest BCUT2D eigenvalue weighted by Gasteiger charge is -2.34. The molecule has 13 rings (SSSR count). The first-order valence-corrected chi connectivity index (χ1v) is 34.5. The van der Waals surface area contributed by atoms with E-state index in [4.69, 9.17) is 29.2 Å². The molecule has 0 spiro atoms. The van der Waals surface area contributed by atoms with E-state index in [0.29, 0.717) is 96.0 Å². The van der Waals surface area contributed by atoms with Gasteiger partial charge in [0.05, 0.1) is 78.9 Å². The maximum Gasteiger partial charge on any atom is 0.307 e. The van der Waals surface area contributed by atoms with Crippen molar-refractivity contribution in [3.63, 3.8) is 0 Å². The van der Waals surface area contributed by atoms with Gasteiger partial charge in [-0.25, -0.2) is 18.8 Å². The number of likely N-dealkylation sites (tertiary alicyclic amines) is 2. The van der Waals surface area contributed by atoms with Gasteiger partial charge in [0.15, 0.2) is 12.3 Å². The molecule has 6 fully saturated rings. The van der Waals surface area contributed by atoms with Crippen LogP contribution in [-0.2, 0) is 38.3 Å². The Morgan fingerprint density at radius 3 is 1.75 bits per heavy atom. The number of benzene rings is 4. The molecule has 104 heavy (non-hydrogen) atoms. The Balaban J connectivity index is 0.000000156. The number of aliphatic imine (C=N–C) groups is 2. The van der Waals surface area contributed by atoms with E-state index in [1.165, 1.54) is 9.80 Å². The van der Waals surface area contributed by atoms with Crippen LogP contribution in [0.4, 0.5) is 26.0 Å². The Labute approximate surface area is 598 Å². The number of carbonyl (C=O) groups excluding carboxylic acids is 6. The average molecular weight is 1420 g/mol. The number of nitrogens with one attached hydrogen (secondary N) is 4. The largest absolute Gasteiger partial charge is 0.489 e. The summed E-state index contributed by atoms with van der Waals surface area (Å²) in [5.41, 5.74) is 6.70. The standard InChI is InChI=1S/C26H25FN6O3.C25H24FN3O6.C25H28N4O4/c1-15-30-13-22(31-15)26(35)33-9-7-24(20(27)14-33)36-23-5-4-17(10-18(23)12-28)21-11-19(6-8-29-21)32-25(34)16-2-3-16;26-20-12-29(23(31)13-30)7-6-22(20)35-21-5-4-15(8-16(21)11-27)14-2-1-3-17(9-14)28-24(32)18-10-19(18)25(33)34;1-2-8-28-24(30)20-14-21(20)25(31)29-23-13-17(5-9-27-23)16-3-4-22(18(12-16)15-26)33-19-6-10-32-11-7-19/h4-6,8,10-11,16,20,24H,2-3,7,9,13-14H2,1H3,(H,29,32,34);1-5,8-9,18-20,22,30H,6-7,10,12-13H2,(H,28,32)(H,33,34);3-5,9,12-13,19-21H,2,6-8,10-11,14H2,1H3,(H,28,30)(H,27,29,31)/t20-,24+;18-,19+,20-,22+;20-,21-/m111/s1. The number of amidine groups is 1. The van der Waals surface area contributed by atoms with Crippen LogP contribution in [0.15, 0.2) is 126 Å². The predicted octanol–water partition coefficient (Wildman–Crippen LogP) is 8.63. The van der Waals surface area contributed by atoms with Gasteiger partial charge < -0.3 is 60.2 Å². The topological polar surface area (TPSA) is 373 Å². The molecule has 3 aliphatic carbocycles. The normalized spacial score (nSPS) is 21.5. The van der Waals surface area contributed by atoms with Gasteiger partial charge in [0.25, 0.3) is 5.91 Å². The Bertz CT molecular complexity index is 4450. The number of amides is 6. The number of rotatable bonds is 21. The summed E-state index contributed by atoms with van der Waals surface area (Å²) in [6, 6.07) is 35.8. The van der Waals surface area contributed by atoms with Crippen molar-refractivity contribution in [1.29, 1.82) is 15.8 Å². The van der Waals surface area contributed by atoms with Crippen molar-refractivity contribution in [3.8, 4) is 69.0 Å². The van der Waals surface area contributed by atoms with Crippen LogP contribution in [0.2, 0.25) is 0 Å². The number of anilines is 3. The van der Waals surface area contributed by atoms with Crippen LogP contribution in [0.3, 0.4) is 0 Å². The zero-order chi connectivity index (χ0) is 73.6. The quantitative estimate of drug-likeness (QED) is 0.0392. The molecule has 0 unspecified atom stereocenters. The molecule has 0 bridgehead atoms. The number of aliphatic hydroxyl groups is 1. The fourth-order valence-corrected chi connectivity index (χ4v) is 12.4. The molecule has 4 aliphatic heterocycles. The van der Waals surface area contributed by atoms with Crippen molar-refractivity contribution in [2.45, 2.75) is 102 Å². The fraction of sp³-hybridized carbons (Fsp3) is 0.395. The van der Waals surface area contributed by atoms with Crippen LogP contribution in [-0.4, -0.2) is 173 Å². The first kappa shape index (κ1) is 73.7. The number of carbonyl (C=O) groups is 7. The molecule has 8 atom stereocenters. The number of pyridine rings is 2. The molecule has 538 valence electrons. The summed E-state index contributed by atoms with van der Waals surface area (Å²) < 4.78 is 52.6. The van der Waals surface area contributed by atoms with E-state index in [1.54, 1.807) is 104 Å². The van der Waals surface area contributed by atoms with E-state index in [2.05, 4.69) is 59.4 Å². The Kier molecular flexibility index (Phi) is 24.1. The lowest BCUT2D eigenvalue weighted by atomic mass is 10.0. The van der Waals surface area contributed by atoms with Crippen LogP contribution in [0.1, 0.15) is 88.3 Å². The third-order valence-corrected chi connectivity index (χ3v) is 18.6. The average Bonchev–Trinajstić information content (AvgIpc) is 1.62. The van der Waals surface area contributed by atoms with Crippen LogP contribution in [0, 0.1) is 63.6 Å². The van der Waals surface area contributed by atoms with Crippen molar-refractivity contribution in [3.05, 3.63) is 132 Å². The molecule has 3 saturated heterocycles. The summed E-state index contributed by atoms with van der Waals surface area (Å²) in [6.45, 7) is 5.49. The monoisotopic (exact) mass is 1420 g/mol. The number of nitriles is 3. The first-order chi connectivity index (χ1) is 50.3. The van der Waals surface area contributed by atoms with Gasteiger partial charge in [-0.05, 0) is 140 Å². The van der Waals surface area contributed by atoms with Gasteiger partial charge in [0.1, 0.15) is 77.7 Å². The molecule has 26 nitrogen and oxygen atoms in total. The van der Waals surface area contributed by atoms with E-state index < -0.39 is 54.9 Å². The van der Waals surface area contributed by atoms with Crippen LogP contribution in [0.25, 0.3) is 33.5 Å². The van der Waals surface area contributed by atoms with E-state index in [9.17, 15) is 58.1 Å². The number of carboxylic acids is 1. The minimum atomic E-state index is -1.46. The van der Waals surface area contributed by atoms with Gasteiger partial charge in [0, 0.05) is 80.6 Å². The molecular formula is C76H77F2N13O13. The molecule has 0 radical (unpaired) electrons. The van der Waals surface area contributed by atoms with E-state index >= 15 is 0 Å². The molecule has 2 aromatic heterocycles. The van der Waals surface area contributed by atoms with Gasteiger partial charge in [-0.15, -0.1) is 0 Å². The molecule has 6 aromatic rings. The summed E-state index contributed by atoms with van der Waals surface area (Å²) in [5, 5.41) is 58.2. The number of aliphatic carboxylic acids is 1. The number of aromatic nitrogens is 2. The molecular weight excluding hydrogens is 1340 g/mol. The van der Waals surface area contributed by atoms with Crippen LogP contribution >= 0.6 is 0 Å². The lowest BCUT2D eigenvalue weighted by Crippen LogP contribution is -2.51. The highest BCUT2D eigenvalue weighted by Gasteiger charge is 2.49. The smallest absolute Gasteiger partial charge is 0.307 e. The Hall–Kier alpha value is -11.5. The second kappa shape index (κ2) is 34.0. The number of ether oxygens (including phenoxy) is 4. The number of aliphatic hydroxyl groups excluding tert-OH is 1. The Morgan fingerprint density at radius 1 is 0.606 bits per heavy atom. The highest BCUT2D eigenvalue weighted by molar-refractivity contribution is 6.42. The third-order valence-electron chi connectivity index (χ3n) is 18.6. The number of hydrogen-bond acceptors (Lipinski definition) is 19. The van der Waals surface area contributed by atoms with Gasteiger partial charge in [-0.3, -0.25) is 43.5 Å². The predicted molar refractivity (Wildman–Crippen MR) is 376 cm³/mol. The van der Waals surface area contributed by atoms with Gasteiger partial charge in [0.2, 0.25) is 29.5 Å². The molecule has 4 aromatic carbocycles. The zero-order valence-electron chi connectivity index (χ0n) is 57.1. The molecule has 6 heterocycles. The van der Waals surface area contributed by atoms with Crippen molar-refractivity contribution in [2.75, 3.05) is 75.0 Å². The number of nitrogens with zero attached hydrogens (tertiary/aromatic N) is 9. The number of carboxylic acid groups (broad SMARTS) is 1. The molecule has 6 amide bonds. The summed E-state index contributed by atoms with van der Waals surface area (Å²) in [4.78, 5) is 104. The minimum absolute atomic E-state index is 0.00168. The van der Waals surface area contributed by atoms with Crippen molar-refractivity contribution in [1.82, 2.24) is 25.1 Å². The minimum Gasteiger partial charge on any atom is -0.489 e. The molecule has 7 aliphatic rings. The van der Waals surface area contributed by atoms with Crippen molar-refractivity contribution < 1.29 is 71.5 Å².